The number of hydrogen-bond donors (Lipinski definition) is 2. The molecule has 2 rings (SSSR count). The molecule has 5 heteroatoms. The average molecular weight is 280 g/mol. The lowest BCUT2D eigenvalue weighted by molar-refractivity contribution is 0.235. The minimum absolute atomic E-state index is 0.577. The molecule has 0 amide bonds. The smallest absolute Gasteiger partial charge is 0.188 e. The minimum atomic E-state index is 0.577. The van der Waals surface area contributed by atoms with Crippen LogP contribution in [0.15, 0.2) is 22.5 Å². The van der Waals surface area contributed by atoms with E-state index in [0.29, 0.717) is 5.96 Å². The van der Waals surface area contributed by atoms with E-state index in [2.05, 4.69) is 32.7 Å². The first-order valence-electron chi connectivity index (χ1n) is 7.13. The first kappa shape index (κ1) is 14.3. The zero-order valence-electron chi connectivity index (χ0n) is 11.5. The molecule has 1 aromatic rings. The Hall–Kier alpha value is -1.07. The molecule has 0 atom stereocenters. The predicted octanol–water partition coefficient (Wildman–Crippen LogP) is 1.68. The fraction of sp³-hybridized carbons (Fsp3) is 0.643. The van der Waals surface area contributed by atoms with Crippen molar-refractivity contribution in [2.75, 3.05) is 32.7 Å². The fourth-order valence-corrected chi connectivity index (χ4v) is 3.03. The third-order valence-electron chi connectivity index (χ3n) is 3.40. The largest absolute Gasteiger partial charge is 0.370 e. The summed E-state index contributed by atoms with van der Waals surface area (Å²) in [4.78, 5) is 8.24. The molecule has 0 bridgehead atoms. The van der Waals surface area contributed by atoms with Crippen molar-refractivity contribution in [2.24, 2.45) is 10.7 Å². The van der Waals surface area contributed by atoms with Crippen LogP contribution in [0.2, 0.25) is 0 Å². The molecule has 0 radical (unpaired) electrons. The van der Waals surface area contributed by atoms with Crippen molar-refractivity contribution in [1.29, 1.82) is 0 Å². The number of nitrogens with zero attached hydrogens (tertiary/aromatic N) is 2. The van der Waals surface area contributed by atoms with E-state index in [4.69, 9.17) is 5.73 Å². The van der Waals surface area contributed by atoms with Gasteiger partial charge < -0.3 is 16.0 Å². The number of guanidine groups is 1. The number of rotatable bonds is 6. The van der Waals surface area contributed by atoms with Crippen LogP contribution in [0.25, 0.3) is 0 Å². The van der Waals surface area contributed by atoms with Gasteiger partial charge in [-0.05, 0) is 43.8 Å². The quantitative estimate of drug-likeness (QED) is 0.616. The zero-order valence-corrected chi connectivity index (χ0v) is 12.3. The van der Waals surface area contributed by atoms with Crippen LogP contribution in [-0.2, 0) is 6.42 Å². The van der Waals surface area contributed by atoms with E-state index in [9.17, 15) is 0 Å². The van der Waals surface area contributed by atoms with Crippen molar-refractivity contribution in [2.45, 2.75) is 25.7 Å². The number of thiophene rings is 1. The molecular weight excluding hydrogens is 256 g/mol. The van der Waals surface area contributed by atoms with Gasteiger partial charge in [-0.15, -0.1) is 11.3 Å². The number of nitrogens with one attached hydrogen (secondary N) is 1. The highest BCUT2D eigenvalue weighted by atomic mass is 32.1. The van der Waals surface area contributed by atoms with Gasteiger partial charge in [-0.3, -0.25) is 4.99 Å². The highest BCUT2D eigenvalue weighted by Gasteiger charge is 2.08. The average Bonchev–Trinajstić information content (AvgIpc) is 2.93. The molecule has 2 heterocycles. The monoisotopic (exact) mass is 280 g/mol. The number of aliphatic imine (C=N–C) groups is 1. The molecule has 1 fully saturated rings. The van der Waals surface area contributed by atoms with E-state index in [0.717, 1.165) is 26.1 Å². The number of likely N-dealkylation sites (tertiary alicyclic amines) is 1. The number of nitrogens with two attached hydrogens (primary N) is 1. The minimum Gasteiger partial charge on any atom is -0.370 e. The highest BCUT2D eigenvalue weighted by molar-refractivity contribution is 7.09. The summed E-state index contributed by atoms with van der Waals surface area (Å²) < 4.78 is 0. The molecule has 1 aliphatic rings. The van der Waals surface area contributed by atoms with Crippen molar-refractivity contribution in [3.8, 4) is 0 Å². The van der Waals surface area contributed by atoms with Crippen molar-refractivity contribution in [3.63, 3.8) is 0 Å². The van der Waals surface area contributed by atoms with Crippen LogP contribution in [0.5, 0.6) is 0 Å². The maximum Gasteiger partial charge on any atom is 0.188 e. The first-order chi connectivity index (χ1) is 9.34. The first-order valence-corrected chi connectivity index (χ1v) is 8.01. The van der Waals surface area contributed by atoms with Crippen LogP contribution >= 0.6 is 11.3 Å². The van der Waals surface area contributed by atoms with Crippen molar-refractivity contribution in [1.82, 2.24) is 10.2 Å². The summed E-state index contributed by atoms with van der Waals surface area (Å²) in [5.74, 6) is 0.577. The second kappa shape index (κ2) is 8.17. The van der Waals surface area contributed by atoms with E-state index in [1.54, 1.807) is 11.3 Å². The molecule has 1 aliphatic heterocycles. The van der Waals surface area contributed by atoms with Gasteiger partial charge in [-0.1, -0.05) is 12.5 Å². The van der Waals surface area contributed by atoms with Gasteiger partial charge in [-0.25, -0.2) is 0 Å². The maximum absolute atomic E-state index is 5.85. The van der Waals surface area contributed by atoms with Crippen LogP contribution < -0.4 is 11.1 Å². The topological polar surface area (TPSA) is 53.6 Å². The van der Waals surface area contributed by atoms with E-state index in [1.165, 1.54) is 37.2 Å². The lowest BCUT2D eigenvalue weighted by Gasteiger charge is -2.25. The van der Waals surface area contributed by atoms with Gasteiger partial charge in [0.25, 0.3) is 0 Å². The Morgan fingerprint density at radius 3 is 2.95 bits per heavy atom. The molecule has 0 aromatic carbocycles. The van der Waals surface area contributed by atoms with E-state index < -0.39 is 0 Å². The summed E-state index contributed by atoms with van der Waals surface area (Å²) in [6, 6.07) is 4.23. The Morgan fingerprint density at radius 2 is 2.21 bits per heavy atom. The maximum atomic E-state index is 5.85. The van der Waals surface area contributed by atoms with Gasteiger partial charge in [0.15, 0.2) is 5.96 Å². The van der Waals surface area contributed by atoms with Gasteiger partial charge >= 0.3 is 0 Å². The summed E-state index contributed by atoms with van der Waals surface area (Å²) >= 11 is 1.78. The Labute approximate surface area is 119 Å². The standard InChI is InChI=1S/C14H24N4S/c15-14(16-7-6-13-5-4-12-19-13)17-8-11-18-9-2-1-3-10-18/h4-5,12H,1-3,6-11H2,(H3,15,16,17). The van der Waals surface area contributed by atoms with Gasteiger partial charge in [0, 0.05) is 18.0 Å². The van der Waals surface area contributed by atoms with Gasteiger partial charge in [0.1, 0.15) is 0 Å². The normalized spacial score (nSPS) is 17.6. The SMILES string of the molecule is NC(=NCCN1CCCCC1)NCCc1cccs1. The lowest BCUT2D eigenvalue weighted by atomic mass is 10.1. The van der Waals surface area contributed by atoms with Crippen LogP contribution in [0.1, 0.15) is 24.1 Å². The van der Waals surface area contributed by atoms with Crippen LogP contribution in [-0.4, -0.2) is 43.6 Å². The molecule has 3 N–H and O–H groups in total. The Kier molecular flexibility index (Phi) is 6.17. The molecule has 0 unspecified atom stereocenters. The van der Waals surface area contributed by atoms with Crippen LogP contribution in [0, 0.1) is 0 Å². The lowest BCUT2D eigenvalue weighted by Crippen LogP contribution is -2.35. The molecule has 1 aromatic heterocycles. The Morgan fingerprint density at radius 1 is 1.37 bits per heavy atom. The molecule has 0 saturated carbocycles. The van der Waals surface area contributed by atoms with Crippen molar-refractivity contribution < 1.29 is 0 Å². The molecular formula is C14H24N4S. The second-order valence-corrected chi connectivity index (χ2v) is 5.96. The van der Waals surface area contributed by atoms with E-state index in [1.807, 2.05) is 0 Å². The van der Waals surface area contributed by atoms with Crippen molar-refractivity contribution in [3.05, 3.63) is 22.4 Å². The molecule has 4 nitrogen and oxygen atoms in total. The summed E-state index contributed by atoms with van der Waals surface area (Å²) in [7, 11) is 0. The summed E-state index contributed by atoms with van der Waals surface area (Å²) in [5.41, 5.74) is 5.85. The third kappa shape index (κ3) is 5.61. The molecule has 19 heavy (non-hydrogen) atoms. The number of hydrogen-bond acceptors (Lipinski definition) is 3. The predicted molar refractivity (Wildman–Crippen MR) is 82.8 cm³/mol. The molecule has 106 valence electrons. The molecule has 0 spiro atoms. The second-order valence-electron chi connectivity index (χ2n) is 4.93. The Balaban J connectivity index is 1.56. The van der Waals surface area contributed by atoms with Gasteiger partial charge in [0.2, 0.25) is 0 Å². The van der Waals surface area contributed by atoms with E-state index in [-0.39, 0.29) is 0 Å². The molecule has 0 aliphatic carbocycles. The summed E-state index contributed by atoms with van der Waals surface area (Å²) in [6.45, 7) is 5.15. The van der Waals surface area contributed by atoms with Gasteiger partial charge in [-0.2, -0.15) is 0 Å². The number of piperidine rings is 1. The highest BCUT2D eigenvalue weighted by Crippen LogP contribution is 2.08. The third-order valence-corrected chi connectivity index (χ3v) is 4.34. The zero-order chi connectivity index (χ0) is 13.3. The van der Waals surface area contributed by atoms with Crippen LogP contribution in [0.4, 0.5) is 0 Å². The van der Waals surface area contributed by atoms with Crippen molar-refractivity contribution >= 4 is 17.3 Å². The molecule has 1 saturated heterocycles. The van der Waals surface area contributed by atoms with E-state index >= 15 is 0 Å². The van der Waals surface area contributed by atoms with Crippen LogP contribution in [0.3, 0.4) is 0 Å². The summed E-state index contributed by atoms with van der Waals surface area (Å²) in [6.07, 6.45) is 5.06. The Bertz CT molecular complexity index is 369. The van der Waals surface area contributed by atoms with Gasteiger partial charge in [0.05, 0.1) is 6.54 Å². The fourth-order valence-electron chi connectivity index (χ4n) is 2.32. The summed E-state index contributed by atoms with van der Waals surface area (Å²) in [5, 5.41) is 5.28.